The molecule has 3 N–H and O–H groups in total. The van der Waals surface area contributed by atoms with Crippen molar-refractivity contribution in [2.24, 2.45) is 11.7 Å². The maximum absolute atomic E-state index is 12.4. The topological polar surface area (TPSA) is 58.4 Å². The van der Waals surface area contributed by atoms with Crippen LogP contribution < -0.4 is 11.1 Å². The second-order valence-electron chi connectivity index (χ2n) is 5.38. The van der Waals surface area contributed by atoms with Crippen molar-refractivity contribution in [2.75, 3.05) is 18.4 Å². The number of alkyl halides is 3. The van der Waals surface area contributed by atoms with E-state index in [0.717, 1.165) is 18.6 Å². The molecule has 0 spiro atoms. The number of likely N-dealkylation sites (tertiary alicyclic amines) is 1. The molecular formula is C14H18F3N3O. The van der Waals surface area contributed by atoms with Crippen LogP contribution in [0.1, 0.15) is 18.9 Å². The molecular weight excluding hydrogens is 283 g/mol. The van der Waals surface area contributed by atoms with Crippen LogP contribution in [0.5, 0.6) is 0 Å². The number of rotatable bonds is 1. The summed E-state index contributed by atoms with van der Waals surface area (Å²) in [6.45, 7) is 3.09. The first-order chi connectivity index (χ1) is 9.77. The number of anilines is 1. The molecule has 0 saturated carbocycles. The Hall–Kier alpha value is -1.76. The van der Waals surface area contributed by atoms with Crippen molar-refractivity contribution in [2.45, 2.75) is 25.6 Å². The highest BCUT2D eigenvalue weighted by Crippen LogP contribution is 2.29. The van der Waals surface area contributed by atoms with E-state index in [1.165, 1.54) is 12.1 Å². The van der Waals surface area contributed by atoms with Crippen molar-refractivity contribution in [3.05, 3.63) is 29.8 Å². The predicted molar refractivity (Wildman–Crippen MR) is 73.8 cm³/mol. The molecule has 1 aliphatic heterocycles. The molecule has 0 bridgehead atoms. The fourth-order valence-electron chi connectivity index (χ4n) is 2.23. The van der Waals surface area contributed by atoms with Crippen LogP contribution in [0.15, 0.2) is 24.3 Å². The van der Waals surface area contributed by atoms with Crippen molar-refractivity contribution in [3.8, 4) is 0 Å². The Kier molecular flexibility index (Phi) is 4.41. The van der Waals surface area contributed by atoms with Crippen LogP contribution in [0, 0.1) is 5.92 Å². The Morgan fingerprint density at radius 2 is 1.95 bits per heavy atom. The number of nitrogens with one attached hydrogen (secondary N) is 1. The molecule has 2 amide bonds. The summed E-state index contributed by atoms with van der Waals surface area (Å²) in [7, 11) is 0. The molecule has 1 heterocycles. The molecule has 4 nitrogen and oxygen atoms in total. The number of hydrogen-bond acceptors (Lipinski definition) is 2. The SMILES string of the molecule is CC1CCN(C(=O)Nc2ccc(C(F)(F)F)cc2)CC1N. The van der Waals surface area contributed by atoms with Crippen LogP contribution in [0.3, 0.4) is 0 Å². The van der Waals surface area contributed by atoms with E-state index < -0.39 is 11.7 Å². The Morgan fingerprint density at radius 3 is 2.48 bits per heavy atom. The molecule has 1 saturated heterocycles. The summed E-state index contributed by atoms with van der Waals surface area (Å²) in [6, 6.07) is 3.97. The summed E-state index contributed by atoms with van der Waals surface area (Å²) in [5.41, 5.74) is 5.51. The smallest absolute Gasteiger partial charge is 0.326 e. The van der Waals surface area contributed by atoms with Gasteiger partial charge in [0.15, 0.2) is 0 Å². The Bertz CT molecular complexity index is 501. The molecule has 0 aliphatic carbocycles. The first-order valence-electron chi connectivity index (χ1n) is 6.76. The highest BCUT2D eigenvalue weighted by atomic mass is 19.4. The summed E-state index contributed by atoms with van der Waals surface area (Å²) in [4.78, 5) is 13.6. The van der Waals surface area contributed by atoms with Gasteiger partial charge in [-0.15, -0.1) is 0 Å². The first kappa shape index (κ1) is 15.6. The van der Waals surface area contributed by atoms with Crippen molar-refractivity contribution >= 4 is 11.7 Å². The van der Waals surface area contributed by atoms with Crippen molar-refractivity contribution in [1.82, 2.24) is 4.90 Å². The highest BCUT2D eigenvalue weighted by Gasteiger charge is 2.30. The summed E-state index contributed by atoms with van der Waals surface area (Å²) in [5.74, 6) is 0.361. The number of hydrogen-bond donors (Lipinski definition) is 2. The van der Waals surface area contributed by atoms with Crippen molar-refractivity contribution in [3.63, 3.8) is 0 Å². The monoisotopic (exact) mass is 301 g/mol. The number of carbonyl (C=O) groups excluding carboxylic acids is 1. The lowest BCUT2D eigenvalue weighted by atomic mass is 9.94. The molecule has 116 valence electrons. The molecule has 2 rings (SSSR count). The molecule has 2 atom stereocenters. The van der Waals surface area contributed by atoms with Crippen LogP contribution in [0.4, 0.5) is 23.7 Å². The molecule has 2 unspecified atom stereocenters. The third-order valence-corrected chi connectivity index (χ3v) is 3.77. The van der Waals surface area contributed by atoms with E-state index in [2.05, 4.69) is 5.32 Å². The third kappa shape index (κ3) is 3.87. The van der Waals surface area contributed by atoms with E-state index in [-0.39, 0.29) is 12.1 Å². The highest BCUT2D eigenvalue weighted by molar-refractivity contribution is 5.89. The van der Waals surface area contributed by atoms with Gasteiger partial charge in [-0.3, -0.25) is 0 Å². The first-order valence-corrected chi connectivity index (χ1v) is 6.76. The van der Waals surface area contributed by atoms with Gasteiger partial charge in [0.05, 0.1) is 5.56 Å². The lowest BCUT2D eigenvalue weighted by Gasteiger charge is -2.35. The second kappa shape index (κ2) is 5.93. The van der Waals surface area contributed by atoms with Gasteiger partial charge in [0.2, 0.25) is 0 Å². The molecule has 1 aromatic rings. The minimum Gasteiger partial charge on any atom is -0.326 e. The van der Waals surface area contributed by atoms with E-state index in [9.17, 15) is 18.0 Å². The average Bonchev–Trinajstić information content (AvgIpc) is 2.41. The number of benzene rings is 1. The third-order valence-electron chi connectivity index (χ3n) is 3.77. The zero-order valence-corrected chi connectivity index (χ0v) is 11.7. The summed E-state index contributed by atoms with van der Waals surface area (Å²) < 4.78 is 37.3. The van der Waals surface area contributed by atoms with Crippen molar-refractivity contribution < 1.29 is 18.0 Å². The molecule has 0 aromatic heterocycles. The number of carbonyl (C=O) groups is 1. The van der Waals surface area contributed by atoms with Crippen LogP contribution in [-0.4, -0.2) is 30.1 Å². The summed E-state index contributed by atoms with van der Waals surface area (Å²) >= 11 is 0. The number of nitrogens with two attached hydrogens (primary N) is 1. The van der Waals surface area contributed by atoms with Gasteiger partial charge in [-0.1, -0.05) is 6.92 Å². The van der Waals surface area contributed by atoms with E-state index in [1.54, 1.807) is 4.90 Å². The van der Waals surface area contributed by atoms with Crippen LogP contribution in [0.2, 0.25) is 0 Å². The van der Waals surface area contributed by atoms with E-state index in [1.807, 2.05) is 6.92 Å². The van der Waals surface area contributed by atoms with Crippen LogP contribution in [-0.2, 0) is 6.18 Å². The molecule has 1 aromatic carbocycles. The lowest BCUT2D eigenvalue weighted by molar-refractivity contribution is -0.137. The number of amides is 2. The minimum atomic E-state index is -4.38. The fourth-order valence-corrected chi connectivity index (χ4v) is 2.23. The second-order valence-corrected chi connectivity index (χ2v) is 5.38. The normalized spacial score (nSPS) is 23.0. The van der Waals surface area contributed by atoms with Gasteiger partial charge in [0, 0.05) is 24.8 Å². The Labute approximate surface area is 121 Å². The van der Waals surface area contributed by atoms with Gasteiger partial charge in [-0.25, -0.2) is 4.79 Å². The molecule has 21 heavy (non-hydrogen) atoms. The zero-order chi connectivity index (χ0) is 15.6. The molecule has 1 fully saturated rings. The van der Waals surface area contributed by atoms with Gasteiger partial charge >= 0.3 is 12.2 Å². The van der Waals surface area contributed by atoms with Gasteiger partial charge < -0.3 is 16.0 Å². The Balaban J connectivity index is 1.97. The summed E-state index contributed by atoms with van der Waals surface area (Å²) in [5, 5.41) is 2.59. The summed E-state index contributed by atoms with van der Waals surface area (Å²) in [6.07, 6.45) is -3.56. The lowest BCUT2D eigenvalue weighted by Crippen LogP contribution is -2.50. The maximum Gasteiger partial charge on any atom is 0.416 e. The quantitative estimate of drug-likeness (QED) is 0.838. The molecule has 0 radical (unpaired) electrons. The van der Waals surface area contributed by atoms with Gasteiger partial charge in [0.25, 0.3) is 0 Å². The van der Waals surface area contributed by atoms with Crippen LogP contribution >= 0.6 is 0 Å². The van der Waals surface area contributed by atoms with E-state index in [4.69, 9.17) is 5.73 Å². The fraction of sp³-hybridized carbons (Fsp3) is 0.500. The van der Waals surface area contributed by atoms with Crippen molar-refractivity contribution in [1.29, 1.82) is 0 Å². The number of urea groups is 1. The standard InChI is InChI=1S/C14H18F3N3O/c1-9-6-7-20(8-12(9)18)13(21)19-11-4-2-10(3-5-11)14(15,16)17/h2-5,9,12H,6-8,18H2,1H3,(H,19,21). The molecule has 1 aliphatic rings. The minimum absolute atomic E-state index is 0.0721. The largest absolute Gasteiger partial charge is 0.416 e. The zero-order valence-electron chi connectivity index (χ0n) is 11.7. The molecule has 7 heteroatoms. The van der Waals surface area contributed by atoms with E-state index >= 15 is 0 Å². The number of piperidine rings is 1. The Morgan fingerprint density at radius 1 is 1.33 bits per heavy atom. The maximum atomic E-state index is 12.4. The number of halogens is 3. The number of nitrogens with zero attached hydrogens (tertiary/aromatic N) is 1. The van der Waals surface area contributed by atoms with E-state index in [0.29, 0.717) is 24.7 Å². The van der Waals surface area contributed by atoms with Gasteiger partial charge in [0.1, 0.15) is 0 Å². The predicted octanol–water partition coefficient (Wildman–Crippen LogP) is 2.91. The average molecular weight is 301 g/mol. The van der Waals surface area contributed by atoms with Crippen LogP contribution in [0.25, 0.3) is 0 Å². The van der Waals surface area contributed by atoms with Gasteiger partial charge in [-0.05, 0) is 36.6 Å². The van der Waals surface area contributed by atoms with Gasteiger partial charge in [-0.2, -0.15) is 13.2 Å².